The molecule has 0 amide bonds. The number of nitrogens with two attached hydrogens (primary N) is 1. The average molecular weight is 452 g/mol. The Hall–Kier alpha value is -4.10. The van der Waals surface area contributed by atoms with Gasteiger partial charge >= 0.3 is 0 Å². The van der Waals surface area contributed by atoms with Crippen molar-refractivity contribution in [2.75, 3.05) is 5.73 Å². The molecule has 0 aliphatic heterocycles. The minimum atomic E-state index is -0.00786. The fraction of sp³-hybridized carbons (Fsp3) is 0.118. The van der Waals surface area contributed by atoms with Crippen LogP contribution in [-0.4, -0.2) is 0 Å². The molecule has 0 unspecified atom stereocenters. The van der Waals surface area contributed by atoms with Crippen molar-refractivity contribution in [2.45, 2.75) is 26.2 Å². The smallest absolute Gasteiger partial charge is 0.0326 e. The first kappa shape index (κ1) is 21.4. The fourth-order valence-electron chi connectivity index (χ4n) is 5.49. The van der Waals surface area contributed by atoms with Crippen molar-refractivity contribution < 1.29 is 0 Å². The van der Waals surface area contributed by atoms with E-state index in [2.05, 4.69) is 130 Å². The Balaban J connectivity index is 1.73. The van der Waals surface area contributed by atoms with Crippen molar-refractivity contribution >= 4 is 38.0 Å². The van der Waals surface area contributed by atoms with Gasteiger partial charge in [0.25, 0.3) is 0 Å². The summed E-state index contributed by atoms with van der Waals surface area (Å²) < 4.78 is 0. The van der Waals surface area contributed by atoms with Crippen LogP contribution in [-0.2, 0) is 5.41 Å². The molecule has 6 rings (SSSR count). The zero-order valence-electron chi connectivity index (χ0n) is 20.5. The molecule has 6 aromatic carbocycles. The van der Waals surface area contributed by atoms with Gasteiger partial charge < -0.3 is 5.73 Å². The lowest BCUT2D eigenvalue weighted by Crippen LogP contribution is -2.13. The predicted octanol–water partition coefficient (Wildman–Crippen LogP) is 9.36. The third-order valence-electron chi connectivity index (χ3n) is 7.09. The van der Waals surface area contributed by atoms with Gasteiger partial charge in [-0.15, -0.1) is 0 Å². The predicted molar refractivity (Wildman–Crippen MR) is 153 cm³/mol. The van der Waals surface area contributed by atoms with Crippen LogP contribution in [0, 0.1) is 0 Å². The zero-order chi connectivity index (χ0) is 24.2. The van der Waals surface area contributed by atoms with E-state index in [1.54, 1.807) is 0 Å². The monoisotopic (exact) mass is 451 g/mol. The molecule has 0 saturated carbocycles. The summed E-state index contributed by atoms with van der Waals surface area (Å²) in [6.45, 7) is 6.87. The van der Waals surface area contributed by atoms with Crippen LogP contribution in [0.15, 0.2) is 109 Å². The van der Waals surface area contributed by atoms with Gasteiger partial charge in [-0.1, -0.05) is 112 Å². The standard InChI is InChI=1S/C34H29N/c1-34(2,3)32-19-23(17-18-25(32)22-11-5-4-6-12-22)30-20-24(35)21-31-28-15-8-7-13-26(28)27-14-9-10-16-29(27)33(30)31/h4-21H,35H2,1-3H3. The molecule has 0 bridgehead atoms. The largest absolute Gasteiger partial charge is 0.399 e. The molecular weight excluding hydrogens is 422 g/mol. The lowest BCUT2D eigenvalue weighted by Gasteiger charge is -2.25. The van der Waals surface area contributed by atoms with Crippen molar-refractivity contribution in [2.24, 2.45) is 0 Å². The first-order valence-corrected chi connectivity index (χ1v) is 12.2. The van der Waals surface area contributed by atoms with Crippen LogP contribution >= 0.6 is 0 Å². The highest BCUT2D eigenvalue weighted by molar-refractivity contribution is 6.29. The molecule has 0 atom stereocenters. The molecule has 170 valence electrons. The van der Waals surface area contributed by atoms with Gasteiger partial charge in [0.15, 0.2) is 0 Å². The molecule has 0 fully saturated rings. The number of hydrogen-bond donors (Lipinski definition) is 1. The van der Waals surface area contributed by atoms with E-state index in [9.17, 15) is 0 Å². The molecule has 0 heterocycles. The van der Waals surface area contributed by atoms with Gasteiger partial charge in [0.05, 0.1) is 0 Å². The normalized spacial score (nSPS) is 12.0. The molecule has 0 aliphatic carbocycles. The minimum absolute atomic E-state index is 0.00786. The van der Waals surface area contributed by atoms with Crippen molar-refractivity contribution in [1.29, 1.82) is 0 Å². The van der Waals surface area contributed by atoms with Crippen molar-refractivity contribution in [1.82, 2.24) is 0 Å². The molecule has 0 aromatic heterocycles. The maximum absolute atomic E-state index is 6.54. The molecule has 2 N–H and O–H groups in total. The number of rotatable bonds is 2. The van der Waals surface area contributed by atoms with Crippen LogP contribution in [0.1, 0.15) is 26.3 Å². The fourth-order valence-corrected chi connectivity index (χ4v) is 5.49. The van der Waals surface area contributed by atoms with Crippen molar-refractivity contribution in [3.63, 3.8) is 0 Å². The lowest BCUT2D eigenvalue weighted by atomic mass is 9.79. The quantitative estimate of drug-likeness (QED) is 0.206. The van der Waals surface area contributed by atoms with Crippen LogP contribution in [0.2, 0.25) is 0 Å². The van der Waals surface area contributed by atoms with Crippen LogP contribution in [0.4, 0.5) is 5.69 Å². The number of fused-ring (bicyclic) bond motifs is 6. The highest BCUT2D eigenvalue weighted by Crippen LogP contribution is 2.43. The molecule has 1 nitrogen and oxygen atoms in total. The second-order valence-corrected chi connectivity index (χ2v) is 10.5. The van der Waals surface area contributed by atoms with Crippen LogP contribution in [0.25, 0.3) is 54.6 Å². The van der Waals surface area contributed by atoms with Crippen molar-refractivity contribution in [3.8, 4) is 22.3 Å². The summed E-state index contributed by atoms with van der Waals surface area (Å²) in [4.78, 5) is 0. The highest BCUT2D eigenvalue weighted by atomic mass is 14.5. The third-order valence-corrected chi connectivity index (χ3v) is 7.09. The van der Waals surface area contributed by atoms with E-state index in [4.69, 9.17) is 5.73 Å². The Labute approximate surface area is 206 Å². The summed E-state index contributed by atoms with van der Waals surface area (Å²) in [5.74, 6) is 0. The molecule has 0 saturated heterocycles. The summed E-state index contributed by atoms with van der Waals surface area (Å²) >= 11 is 0. The van der Waals surface area contributed by atoms with E-state index in [-0.39, 0.29) is 5.41 Å². The van der Waals surface area contributed by atoms with Gasteiger partial charge in [-0.05, 0) is 83.7 Å². The topological polar surface area (TPSA) is 26.0 Å². The Morgan fingerprint density at radius 2 is 1.06 bits per heavy atom. The van der Waals surface area contributed by atoms with Gasteiger partial charge in [-0.2, -0.15) is 0 Å². The zero-order valence-corrected chi connectivity index (χ0v) is 20.5. The Morgan fingerprint density at radius 1 is 0.486 bits per heavy atom. The number of benzene rings is 6. The molecule has 1 heteroatoms. The van der Waals surface area contributed by atoms with Gasteiger partial charge in [0, 0.05) is 5.69 Å². The van der Waals surface area contributed by atoms with Gasteiger partial charge in [0.1, 0.15) is 0 Å². The number of nitrogen functional groups attached to an aromatic ring is 1. The second kappa shape index (κ2) is 7.99. The van der Waals surface area contributed by atoms with Gasteiger partial charge in [-0.3, -0.25) is 0 Å². The van der Waals surface area contributed by atoms with E-state index >= 15 is 0 Å². The van der Waals surface area contributed by atoms with Gasteiger partial charge in [0.2, 0.25) is 0 Å². The molecular formula is C34H29N. The summed E-state index contributed by atoms with van der Waals surface area (Å²) in [7, 11) is 0. The Morgan fingerprint density at radius 3 is 1.71 bits per heavy atom. The van der Waals surface area contributed by atoms with Crippen molar-refractivity contribution in [3.05, 3.63) is 115 Å². The van der Waals surface area contributed by atoms with Crippen LogP contribution in [0.3, 0.4) is 0 Å². The maximum Gasteiger partial charge on any atom is 0.0326 e. The highest BCUT2D eigenvalue weighted by Gasteiger charge is 2.21. The molecule has 0 spiro atoms. The molecule has 0 aliphatic rings. The van der Waals surface area contributed by atoms with E-state index in [1.165, 1.54) is 60.1 Å². The summed E-state index contributed by atoms with van der Waals surface area (Å²) in [6, 6.07) is 39.3. The molecule has 0 radical (unpaired) electrons. The first-order valence-electron chi connectivity index (χ1n) is 12.2. The first-order chi connectivity index (χ1) is 16.9. The Bertz CT molecular complexity index is 1720. The number of anilines is 1. The van der Waals surface area contributed by atoms with E-state index < -0.39 is 0 Å². The lowest BCUT2D eigenvalue weighted by molar-refractivity contribution is 0.592. The van der Waals surface area contributed by atoms with Crippen LogP contribution in [0.5, 0.6) is 0 Å². The molecule has 35 heavy (non-hydrogen) atoms. The van der Waals surface area contributed by atoms with Gasteiger partial charge in [-0.25, -0.2) is 0 Å². The summed E-state index contributed by atoms with van der Waals surface area (Å²) in [5.41, 5.74) is 13.6. The van der Waals surface area contributed by atoms with E-state index in [0.717, 1.165) is 5.69 Å². The number of hydrogen-bond acceptors (Lipinski definition) is 1. The third kappa shape index (κ3) is 3.56. The molecule has 6 aromatic rings. The second-order valence-electron chi connectivity index (χ2n) is 10.5. The minimum Gasteiger partial charge on any atom is -0.399 e. The van der Waals surface area contributed by atoms with E-state index in [1.807, 2.05) is 0 Å². The summed E-state index contributed by atoms with van der Waals surface area (Å²) in [5, 5.41) is 7.52. The maximum atomic E-state index is 6.54. The SMILES string of the molecule is CC(C)(C)c1cc(-c2cc(N)cc3c4ccccc4c4ccccc4c23)ccc1-c1ccccc1. The average Bonchev–Trinajstić information content (AvgIpc) is 2.88. The van der Waals surface area contributed by atoms with E-state index in [0.29, 0.717) is 0 Å². The van der Waals surface area contributed by atoms with Crippen LogP contribution < -0.4 is 5.73 Å². The summed E-state index contributed by atoms with van der Waals surface area (Å²) in [6.07, 6.45) is 0. The Kier molecular flexibility index (Phi) is 4.89.